The first kappa shape index (κ1) is 31.2. The number of carbonyl (C=O) groups excluding carboxylic acids is 2. The highest BCUT2D eigenvalue weighted by Crippen LogP contribution is 2.29. The van der Waals surface area contributed by atoms with Crippen molar-refractivity contribution in [3.63, 3.8) is 0 Å². The highest BCUT2D eigenvalue weighted by molar-refractivity contribution is 6.00. The van der Waals surface area contributed by atoms with Gasteiger partial charge < -0.3 is 20.8 Å². The molecule has 0 aromatic carbocycles. The van der Waals surface area contributed by atoms with Gasteiger partial charge in [0.25, 0.3) is 0 Å². The number of nitrogens with zero attached hydrogens (tertiary/aromatic N) is 4. The van der Waals surface area contributed by atoms with Crippen LogP contribution in [0.5, 0.6) is 0 Å². The van der Waals surface area contributed by atoms with Gasteiger partial charge in [-0.25, -0.2) is 0 Å². The van der Waals surface area contributed by atoms with Gasteiger partial charge in [-0.05, 0) is 26.0 Å². The lowest BCUT2D eigenvalue weighted by molar-refractivity contribution is -0.147. The number of carbonyl (C=O) groups is 4. The maximum absolute atomic E-state index is 11.4. The van der Waals surface area contributed by atoms with E-state index in [1.54, 1.807) is 23.5 Å². The van der Waals surface area contributed by atoms with E-state index in [9.17, 15) is 19.2 Å². The van der Waals surface area contributed by atoms with Crippen LogP contribution < -0.4 is 10.6 Å². The first-order valence-electron chi connectivity index (χ1n) is 10.0. The minimum absolute atomic E-state index is 0. The molecule has 2 fully saturated rings. The maximum Gasteiger partial charge on any atom is 0.316 e. The van der Waals surface area contributed by atoms with E-state index in [1.807, 2.05) is 26.0 Å². The van der Waals surface area contributed by atoms with Crippen molar-refractivity contribution >= 4 is 23.8 Å². The van der Waals surface area contributed by atoms with Crippen molar-refractivity contribution in [1.29, 1.82) is 0 Å². The van der Waals surface area contributed by atoms with Gasteiger partial charge in [-0.15, -0.1) is 0 Å². The van der Waals surface area contributed by atoms with Crippen LogP contribution in [-0.2, 0) is 33.3 Å². The molecule has 0 radical (unpaired) electrons. The molecule has 4 atom stereocenters. The number of carboxylic acids is 2. The topological polar surface area (TPSA) is 168 Å². The second-order valence-electron chi connectivity index (χ2n) is 8.00. The van der Waals surface area contributed by atoms with Crippen LogP contribution in [0.3, 0.4) is 0 Å². The summed E-state index contributed by atoms with van der Waals surface area (Å²) in [6, 6.07) is 3.64. The molecule has 0 spiro atoms. The molecule has 2 saturated heterocycles. The zero-order valence-electron chi connectivity index (χ0n) is 18.6. The van der Waals surface area contributed by atoms with Crippen LogP contribution in [0.1, 0.15) is 49.5 Å². The number of rotatable bonds is 4. The Morgan fingerprint density at radius 2 is 1.14 bits per heavy atom. The summed E-state index contributed by atoms with van der Waals surface area (Å²) < 4.78 is 3.36. The minimum Gasteiger partial charge on any atom is -0.481 e. The molecular weight excluding hydrogens is 463 g/mol. The van der Waals surface area contributed by atoms with Gasteiger partial charge in [0.1, 0.15) is 11.8 Å². The molecule has 0 aliphatic carbocycles. The van der Waals surface area contributed by atoms with E-state index in [2.05, 4.69) is 20.8 Å². The van der Waals surface area contributed by atoms with E-state index >= 15 is 0 Å². The smallest absolute Gasteiger partial charge is 0.316 e. The van der Waals surface area contributed by atoms with Crippen LogP contribution >= 0.6 is 0 Å². The Bertz CT molecular complexity index is 957. The average Bonchev–Trinajstić information content (AvgIpc) is 3.44. The summed E-state index contributed by atoms with van der Waals surface area (Å²) in [5, 5.41) is 31.6. The lowest BCUT2D eigenvalue weighted by Crippen LogP contribution is -2.26. The predicted molar refractivity (Wildman–Crippen MR) is 126 cm³/mol. The van der Waals surface area contributed by atoms with Crippen molar-refractivity contribution in [3.05, 3.63) is 34.9 Å². The molecule has 4 N–H and O–H groups in total. The molecule has 0 saturated carbocycles. The van der Waals surface area contributed by atoms with E-state index in [-0.39, 0.29) is 31.4 Å². The van der Waals surface area contributed by atoms with E-state index in [0.717, 1.165) is 11.4 Å². The first-order chi connectivity index (χ1) is 15.0. The Kier molecular flexibility index (Phi) is 10.8. The zero-order valence-corrected chi connectivity index (χ0v) is 18.6. The highest BCUT2D eigenvalue weighted by Gasteiger charge is 2.43. The SMILES string of the molecule is C.C.Cc1cc([C@H]2CNC(=O)[C@@H]2C(=O)O)nn1C.Cc1cc([C@H]2CNC(=O)[C@@H]2C(=O)O)nn1C.F. The normalized spacial score (nSPS) is 22.4. The quantitative estimate of drug-likeness (QED) is 0.447. The molecule has 13 heteroatoms. The molecule has 4 heterocycles. The number of hydrogen-bond donors (Lipinski definition) is 4. The van der Waals surface area contributed by atoms with Gasteiger partial charge in [-0.1, -0.05) is 14.9 Å². The molecule has 4 rings (SSSR count). The summed E-state index contributed by atoms with van der Waals surface area (Å²) in [5.41, 5.74) is 3.20. The number of carboxylic acid groups (broad SMARTS) is 2. The van der Waals surface area contributed by atoms with Gasteiger partial charge in [0, 0.05) is 50.4 Å². The third-order valence-electron chi connectivity index (χ3n) is 5.92. The largest absolute Gasteiger partial charge is 0.481 e. The van der Waals surface area contributed by atoms with E-state index in [1.165, 1.54) is 0 Å². The van der Waals surface area contributed by atoms with Gasteiger partial charge in [-0.3, -0.25) is 33.2 Å². The van der Waals surface area contributed by atoms with Gasteiger partial charge in [0.05, 0.1) is 11.4 Å². The zero-order chi connectivity index (χ0) is 23.7. The standard InChI is InChI=1S/2C10H13N3O3.2CH4.FH/c2*1-5-3-7(12-13(5)2)6-4-11-9(14)8(6)10(15)16;;;/h2*3,6,8H,4H2,1-2H3,(H,11,14)(H,15,16);2*1H4;1H/t2*6-,8-;;;/m11.../s1. The summed E-state index contributed by atoms with van der Waals surface area (Å²) in [4.78, 5) is 44.7. The second kappa shape index (κ2) is 12.1. The number of aryl methyl sites for hydroxylation is 4. The Morgan fingerprint density at radius 1 is 0.829 bits per heavy atom. The monoisotopic (exact) mass is 498 g/mol. The number of aliphatic carboxylic acids is 2. The third kappa shape index (κ3) is 6.22. The fourth-order valence-corrected chi connectivity index (χ4v) is 3.90. The molecule has 35 heavy (non-hydrogen) atoms. The van der Waals surface area contributed by atoms with E-state index in [4.69, 9.17) is 10.2 Å². The van der Waals surface area contributed by atoms with E-state index in [0.29, 0.717) is 24.5 Å². The molecule has 0 unspecified atom stereocenters. The van der Waals surface area contributed by atoms with Crippen LogP contribution in [-0.4, -0.2) is 66.6 Å². The minimum atomic E-state index is -1.09. The summed E-state index contributed by atoms with van der Waals surface area (Å²) in [7, 11) is 3.58. The Hall–Kier alpha value is -3.77. The summed E-state index contributed by atoms with van der Waals surface area (Å²) in [5.74, 6) is -5.83. The van der Waals surface area contributed by atoms with Crippen molar-refractivity contribution in [2.75, 3.05) is 13.1 Å². The number of amides is 2. The van der Waals surface area contributed by atoms with Crippen LogP contribution in [0.4, 0.5) is 4.70 Å². The van der Waals surface area contributed by atoms with Crippen LogP contribution in [0.15, 0.2) is 12.1 Å². The van der Waals surface area contributed by atoms with Gasteiger partial charge >= 0.3 is 11.9 Å². The molecule has 2 aromatic rings. The Morgan fingerprint density at radius 3 is 1.37 bits per heavy atom. The first-order valence-corrected chi connectivity index (χ1v) is 10.0. The lowest BCUT2D eigenvalue weighted by atomic mass is 9.92. The van der Waals surface area contributed by atoms with E-state index < -0.39 is 35.6 Å². The van der Waals surface area contributed by atoms with Crippen LogP contribution in [0.2, 0.25) is 0 Å². The third-order valence-corrected chi connectivity index (χ3v) is 5.92. The molecule has 12 nitrogen and oxygen atoms in total. The maximum atomic E-state index is 11.4. The van der Waals surface area contributed by atoms with Gasteiger partial charge in [0.15, 0.2) is 0 Å². The Labute approximate surface area is 203 Å². The number of hydrogen-bond acceptors (Lipinski definition) is 6. The fourth-order valence-electron chi connectivity index (χ4n) is 3.90. The molecule has 196 valence electrons. The van der Waals surface area contributed by atoms with Crippen molar-refractivity contribution in [1.82, 2.24) is 30.2 Å². The van der Waals surface area contributed by atoms with Crippen LogP contribution in [0, 0.1) is 25.7 Å². The molecule has 2 aliphatic heterocycles. The van der Waals surface area contributed by atoms with Crippen LogP contribution in [0.25, 0.3) is 0 Å². The molecule has 2 amide bonds. The number of halogens is 1. The van der Waals surface area contributed by atoms with Crippen molar-refractivity contribution in [2.45, 2.75) is 40.5 Å². The Balaban J connectivity index is 0.000000608. The fraction of sp³-hybridized carbons (Fsp3) is 0.545. The number of aromatic nitrogens is 4. The molecule has 2 aliphatic rings. The molecule has 0 bridgehead atoms. The second-order valence-corrected chi connectivity index (χ2v) is 8.00. The summed E-state index contributed by atoms with van der Waals surface area (Å²) in [6.45, 7) is 4.45. The van der Waals surface area contributed by atoms with Crippen molar-refractivity contribution in [2.24, 2.45) is 25.9 Å². The highest BCUT2D eigenvalue weighted by atomic mass is 19.0. The van der Waals surface area contributed by atoms with Crippen molar-refractivity contribution in [3.8, 4) is 0 Å². The predicted octanol–water partition coefficient (Wildman–Crippen LogP) is 0.710. The summed E-state index contributed by atoms with van der Waals surface area (Å²) >= 11 is 0. The van der Waals surface area contributed by atoms with Gasteiger partial charge in [-0.2, -0.15) is 10.2 Å². The van der Waals surface area contributed by atoms with Crippen molar-refractivity contribution < 1.29 is 34.1 Å². The van der Waals surface area contributed by atoms with Gasteiger partial charge in [0.2, 0.25) is 11.8 Å². The lowest BCUT2D eigenvalue weighted by Gasteiger charge is -2.09. The average molecular weight is 499 g/mol. The summed E-state index contributed by atoms with van der Waals surface area (Å²) in [6.07, 6.45) is 0. The molecular formula is C22H35FN6O6. The molecule has 2 aromatic heterocycles. The number of nitrogens with one attached hydrogen (secondary N) is 2.